The summed E-state index contributed by atoms with van der Waals surface area (Å²) >= 11 is 0. The summed E-state index contributed by atoms with van der Waals surface area (Å²) in [6.45, 7) is 3.51. The first kappa shape index (κ1) is 22.3. The van der Waals surface area contributed by atoms with Gasteiger partial charge < -0.3 is 19.7 Å². The maximum atomic E-state index is 14.1. The first-order valence-electron chi connectivity index (χ1n) is 10.8. The van der Waals surface area contributed by atoms with Crippen LogP contribution in [0.1, 0.15) is 16.1 Å². The normalized spacial score (nSPS) is 13.6. The lowest BCUT2D eigenvalue weighted by Gasteiger charge is -2.36. The van der Waals surface area contributed by atoms with E-state index in [1.165, 1.54) is 10.6 Å². The van der Waals surface area contributed by atoms with Crippen LogP contribution in [0, 0.1) is 12.7 Å². The van der Waals surface area contributed by atoms with Crippen LogP contribution < -0.4 is 15.8 Å². The molecule has 0 unspecified atom stereocenters. The lowest BCUT2D eigenvalue weighted by molar-refractivity contribution is -0.132. The Hall–Kier alpha value is -3.94. The van der Waals surface area contributed by atoms with Gasteiger partial charge in [0.1, 0.15) is 18.0 Å². The Morgan fingerprint density at radius 2 is 1.58 bits per heavy atom. The number of amides is 2. The number of benzene rings is 2. The number of halogens is 1. The predicted molar refractivity (Wildman–Crippen MR) is 125 cm³/mol. The number of carbonyl (C=O) groups excluding carboxylic acids is 2. The van der Waals surface area contributed by atoms with Crippen LogP contribution >= 0.6 is 0 Å². The molecule has 170 valence electrons. The summed E-state index contributed by atoms with van der Waals surface area (Å²) in [6, 6.07) is 18.4. The molecule has 7 nitrogen and oxygen atoms in total. The van der Waals surface area contributed by atoms with E-state index in [2.05, 4.69) is 5.32 Å². The molecule has 2 amide bonds. The van der Waals surface area contributed by atoms with Crippen LogP contribution in [0.3, 0.4) is 0 Å². The molecule has 1 aliphatic heterocycles. The molecule has 0 spiro atoms. The fourth-order valence-corrected chi connectivity index (χ4v) is 3.89. The molecule has 1 fully saturated rings. The molecule has 1 aliphatic rings. The van der Waals surface area contributed by atoms with E-state index in [4.69, 9.17) is 0 Å². The van der Waals surface area contributed by atoms with Crippen molar-refractivity contribution in [1.29, 1.82) is 0 Å². The maximum Gasteiger partial charge on any atom is 0.274 e. The zero-order valence-corrected chi connectivity index (χ0v) is 18.3. The molecule has 0 atom stereocenters. The molecule has 0 aliphatic carbocycles. The van der Waals surface area contributed by atoms with Gasteiger partial charge in [0, 0.05) is 37.4 Å². The molecule has 33 heavy (non-hydrogen) atoms. The number of para-hydroxylation sites is 1. The second-order valence-electron chi connectivity index (χ2n) is 7.92. The Bertz CT molecular complexity index is 1220. The third-order valence-electron chi connectivity index (χ3n) is 5.80. The van der Waals surface area contributed by atoms with Crippen LogP contribution in [0.25, 0.3) is 0 Å². The first-order valence-corrected chi connectivity index (χ1v) is 10.8. The van der Waals surface area contributed by atoms with Crippen LogP contribution in [0.2, 0.25) is 0 Å². The Morgan fingerprint density at radius 3 is 2.27 bits per heavy atom. The number of piperazine rings is 1. The number of rotatable bonds is 5. The van der Waals surface area contributed by atoms with E-state index in [0.717, 1.165) is 0 Å². The largest absolute Gasteiger partial charge is 0.366 e. The highest BCUT2D eigenvalue weighted by Gasteiger charge is 2.23. The Labute approximate surface area is 191 Å². The Morgan fingerprint density at radius 1 is 0.909 bits per heavy atom. The molecule has 4 rings (SSSR count). The summed E-state index contributed by atoms with van der Waals surface area (Å²) in [5.41, 5.74) is 1.27. The number of hydrogen-bond acceptors (Lipinski definition) is 4. The smallest absolute Gasteiger partial charge is 0.274 e. The van der Waals surface area contributed by atoms with Gasteiger partial charge in [-0.15, -0.1) is 0 Å². The van der Waals surface area contributed by atoms with Gasteiger partial charge in [0.05, 0.1) is 5.69 Å². The molecular weight excluding hydrogens is 423 g/mol. The lowest BCUT2D eigenvalue weighted by Crippen LogP contribution is -2.50. The van der Waals surface area contributed by atoms with Crippen molar-refractivity contribution < 1.29 is 14.0 Å². The number of pyridine rings is 1. The van der Waals surface area contributed by atoms with Crippen molar-refractivity contribution in [1.82, 2.24) is 9.47 Å². The summed E-state index contributed by atoms with van der Waals surface area (Å²) in [7, 11) is 0. The molecule has 0 bridgehead atoms. The van der Waals surface area contributed by atoms with Crippen LogP contribution in [0.5, 0.6) is 0 Å². The van der Waals surface area contributed by atoms with Crippen molar-refractivity contribution in [3.05, 3.63) is 94.2 Å². The first-order chi connectivity index (χ1) is 15.9. The van der Waals surface area contributed by atoms with Gasteiger partial charge in [-0.05, 0) is 43.3 Å². The van der Waals surface area contributed by atoms with E-state index in [1.54, 1.807) is 72.5 Å². The van der Waals surface area contributed by atoms with Gasteiger partial charge in [-0.2, -0.15) is 0 Å². The highest BCUT2D eigenvalue weighted by atomic mass is 19.1. The number of carbonyl (C=O) groups is 2. The molecule has 2 aromatic carbocycles. The minimum Gasteiger partial charge on any atom is -0.366 e. The van der Waals surface area contributed by atoms with E-state index in [9.17, 15) is 18.8 Å². The molecule has 3 aromatic rings. The highest BCUT2D eigenvalue weighted by Crippen LogP contribution is 2.20. The SMILES string of the molecule is Cc1ccc(NC(=O)c2ccccc2)c(=O)n1CC(=O)N1CCN(c2ccccc2F)CC1. The van der Waals surface area contributed by atoms with Crippen molar-refractivity contribution >= 4 is 23.2 Å². The maximum absolute atomic E-state index is 14.1. The fraction of sp³-hybridized carbons (Fsp3) is 0.240. The van der Waals surface area contributed by atoms with Gasteiger partial charge in [-0.3, -0.25) is 14.4 Å². The van der Waals surface area contributed by atoms with Gasteiger partial charge in [0.15, 0.2) is 0 Å². The quantitative estimate of drug-likeness (QED) is 0.651. The van der Waals surface area contributed by atoms with E-state index in [0.29, 0.717) is 43.1 Å². The number of nitrogens with zero attached hydrogens (tertiary/aromatic N) is 3. The molecule has 2 heterocycles. The van der Waals surface area contributed by atoms with Gasteiger partial charge in [0.2, 0.25) is 5.91 Å². The van der Waals surface area contributed by atoms with Crippen molar-refractivity contribution in [2.45, 2.75) is 13.5 Å². The van der Waals surface area contributed by atoms with Crippen LogP contribution in [-0.4, -0.2) is 47.5 Å². The predicted octanol–water partition coefficient (Wildman–Crippen LogP) is 2.90. The summed E-state index contributed by atoms with van der Waals surface area (Å²) in [5.74, 6) is -0.868. The topological polar surface area (TPSA) is 74.6 Å². The standard InChI is InChI=1S/C25H25FN4O3/c1-18-11-12-21(27-24(32)19-7-3-2-4-8-19)25(33)30(18)17-23(31)29-15-13-28(14-16-29)22-10-6-5-9-20(22)26/h2-12H,13-17H2,1H3,(H,27,32). The Balaban J connectivity index is 1.43. The van der Waals surface area contributed by atoms with Gasteiger partial charge >= 0.3 is 0 Å². The van der Waals surface area contributed by atoms with Crippen molar-refractivity contribution in [3.63, 3.8) is 0 Å². The summed E-state index contributed by atoms with van der Waals surface area (Å²) in [6.07, 6.45) is 0. The van der Waals surface area contributed by atoms with Crippen LogP contribution in [0.4, 0.5) is 15.8 Å². The summed E-state index contributed by atoms with van der Waals surface area (Å²) < 4.78 is 15.4. The Kier molecular flexibility index (Phi) is 6.53. The second kappa shape index (κ2) is 9.68. The number of hydrogen-bond donors (Lipinski definition) is 1. The molecule has 0 saturated carbocycles. The molecule has 1 aromatic heterocycles. The molecular formula is C25H25FN4O3. The van der Waals surface area contributed by atoms with E-state index < -0.39 is 11.5 Å². The third kappa shape index (κ3) is 4.95. The number of nitrogens with one attached hydrogen (secondary N) is 1. The van der Waals surface area contributed by atoms with Crippen molar-refractivity contribution in [3.8, 4) is 0 Å². The molecule has 0 radical (unpaired) electrons. The van der Waals surface area contributed by atoms with E-state index >= 15 is 0 Å². The second-order valence-corrected chi connectivity index (χ2v) is 7.92. The van der Waals surface area contributed by atoms with Crippen LogP contribution in [-0.2, 0) is 11.3 Å². The highest BCUT2D eigenvalue weighted by molar-refractivity contribution is 6.04. The van der Waals surface area contributed by atoms with Gasteiger partial charge in [-0.1, -0.05) is 30.3 Å². The monoisotopic (exact) mass is 448 g/mol. The average Bonchev–Trinajstić information content (AvgIpc) is 2.84. The molecule has 1 saturated heterocycles. The van der Waals surface area contributed by atoms with Gasteiger partial charge in [-0.25, -0.2) is 4.39 Å². The molecule has 8 heteroatoms. The number of aryl methyl sites for hydroxylation is 1. The van der Waals surface area contributed by atoms with E-state index in [1.807, 2.05) is 4.90 Å². The average molecular weight is 448 g/mol. The number of anilines is 2. The minimum absolute atomic E-state index is 0.117. The molecule has 1 N–H and O–H groups in total. The van der Waals surface area contributed by atoms with Crippen molar-refractivity contribution in [2.24, 2.45) is 0 Å². The van der Waals surface area contributed by atoms with Crippen LogP contribution in [0.15, 0.2) is 71.5 Å². The summed E-state index contributed by atoms with van der Waals surface area (Å²) in [5, 5.41) is 2.64. The minimum atomic E-state index is -0.433. The number of aromatic nitrogens is 1. The fourth-order valence-electron chi connectivity index (χ4n) is 3.89. The lowest BCUT2D eigenvalue weighted by atomic mass is 10.2. The zero-order valence-electron chi connectivity index (χ0n) is 18.3. The van der Waals surface area contributed by atoms with Crippen molar-refractivity contribution in [2.75, 3.05) is 36.4 Å². The zero-order chi connectivity index (χ0) is 23.4. The van der Waals surface area contributed by atoms with Gasteiger partial charge in [0.25, 0.3) is 11.5 Å². The van der Waals surface area contributed by atoms with E-state index in [-0.39, 0.29) is 24.0 Å². The third-order valence-corrected chi connectivity index (χ3v) is 5.80. The summed E-state index contributed by atoms with van der Waals surface area (Å²) in [4.78, 5) is 41.9.